The zero-order valence-electron chi connectivity index (χ0n) is 18.9. The summed E-state index contributed by atoms with van der Waals surface area (Å²) in [6.07, 6.45) is 1.60. The maximum atomic E-state index is 13.2. The number of tetrazole rings is 1. The Labute approximate surface area is 208 Å². The first-order valence-corrected chi connectivity index (χ1v) is 15.8. The summed E-state index contributed by atoms with van der Waals surface area (Å²) < 4.78 is 8.28. The highest BCUT2D eigenvalue weighted by Crippen LogP contribution is 2.49. The molecule has 0 spiro atoms. The molecule has 1 aromatic heterocycles. The molecule has 1 aliphatic carbocycles. The van der Waals surface area contributed by atoms with Crippen LogP contribution in [0.1, 0.15) is 18.4 Å². The number of hydrogen-bond acceptors (Lipinski definition) is 5. The summed E-state index contributed by atoms with van der Waals surface area (Å²) in [5.74, 6) is 0.536. The van der Waals surface area contributed by atoms with Crippen molar-refractivity contribution in [2.24, 2.45) is 0 Å². The fourth-order valence-electron chi connectivity index (χ4n) is 3.60. The molecule has 1 N–H and O–H groups in total. The van der Waals surface area contributed by atoms with Gasteiger partial charge in [-0.05, 0) is 65.2 Å². The van der Waals surface area contributed by atoms with E-state index in [2.05, 4.69) is 56.4 Å². The summed E-state index contributed by atoms with van der Waals surface area (Å²) in [5.41, 5.74) is 1.88. The first kappa shape index (κ1) is 24.1. The molecular formula is C23H27BrClN5O2Si. The largest absolute Gasteiger partial charge is 0.359 e. The molecule has 3 aromatic rings. The summed E-state index contributed by atoms with van der Waals surface area (Å²) >= 11 is 9.74. The molecule has 7 nitrogen and oxygen atoms in total. The number of benzene rings is 2. The zero-order chi connectivity index (χ0) is 23.6. The van der Waals surface area contributed by atoms with E-state index >= 15 is 0 Å². The second-order valence-corrected chi connectivity index (χ2v) is 16.5. The maximum Gasteiger partial charge on any atom is 0.235 e. The standard InChI is InChI=1S/C23H27BrClN5O2Si/c1-33(2,3)12-11-32-15-30-21(27-28-29-30)19-14-18(7-8-20(19)24)26-22(31)23(9-10-23)16-5-4-6-17(25)13-16/h4-8,13-14H,9-12,15H2,1-3H3,(H,26,31). The topological polar surface area (TPSA) is 81.9 Å². The highest BCUT2D eigenvalue weighted by Gasteiger charge is 2.51. The Morgan fingerprint density at radius 2 is 2.03 bits per heavy atom. The fourth-order valence-corrected chi connectivity index (χ4v) is 4.97. The summed E-state index contributed by atoms with van der Waals surface area (Å²) in [6, 6.07) is 14.2. The average molecular weight is 549 g/mol. The Morgan fingerprint density at radius 3 is 2.73 bits per heavy atom. The Morgan fingerprint density at radius 1 is 1.24 bits per heavy atom. The van der Waals surface area contributed by atoms with E-state index in [1.165, 1.54) is 0 Å². The van der Waals surface area contributed by atoms with Gasteiger partial charge in [0.05, 0.1) is 5.41 Å². The SMILES string of the molecule is C[Si](C)(C)CCOCn1nnnc1-c1cc(NC(=O)C2(c3cccc(Cl)c3)CC2)ccc1Br. The Bertz CT molecular complexity index is 1160. The number of nitrogens with one attached hydrogen (secondary N) is 1. The second kappa shape index (κ2) is 9.66. The minimum Gasteiger partial charge on any atom is -0.359 e. The second-order valence-electron chi connectivity index (χ2n) is 9.59. The van der Waals surface area contributed by atoms with Crippen LogP contribution in [0.3, 0.4) is 0 Å². The fraction of sp³-hybridized carbons (Fsp3) is 0.391. The molecule has 1 heterocycles. The smallest absolute Gasteiger partial charge is 0.235 e. The van der Waals surface area contributed by atoms with Crippen molar-refractivity contribution in [2.45, 2.75) is 50.7 Å². The first-order valence-electron chi connectivity index (χ1n) is 10.9. The van der Waals surface area contributed by atoms with Crippen molar-refractivity contribution < 1.29 is 9.53 Å². The van der Waals surface area contributed by atoms with Crippen LogP contribution in [0.5, 0.6) is 0 Å². The van der Waals surface area contributed by atoms with E-state index in [4.69, 9.17) is 16.3 Å². The van der Waals surface area contributed by atoms with E-state index in [1.807, 2.05) is 42.5 Å². The minimum absolute atomic E-state index is 0.0349. The van der Waals surface area contributed by atoms with Crippen LogP contribution in [0.4, 0.5) is 5.69 Å². The van der Waals surface area contributed by atoms with E-state index in [9.17, 15) is 4.79 Å². The lowest BCUT2D eigenvalue weighted by Gasteiger charge is -2.17. The summed E-state index contributed by atoms with van der Waals surface area (Å²) in [7, 11) is -1.17. The number of ether oxygens (including phenoxy) is 1. The van der Waals surface area contributed by atoms with Crippen LogP contribution in [-0.4, -0.2) is 40.8 Å². The molecule has 0 unspecified atom stereocenters. The Hall–Kier alpha value is -2.07. The van der Waals surface area contributed by atoms with Gasteiger partial charge in [-0.25, -0.2) is 0 Å². The highest BCUT2D eigenvalue weighted by atomic mass is 79.9. The van der Waals surface area contributed by atoms with Crippen molar-refractivity contribution in [3.8, 4) is 11.4 Å². The number of rotatable bonds is 9. The molecule has 0 saturated heterocycles. The van der Waals surface area contributed by atoms with Gasteiger partial charge in [0.25, 0.3) is 0 Å². The number of anilines is 1. The molecule has 174 valence electrons. The van der Waals surface area contributed by atoms with Crippen molar-refractivity contribution in [1.82, 2.24) is 20.2 Å². The molecule has 0 bridgehead atoms. The van der Waals surface area contributed by atoms with Crippen molar-refractivity contribution in [3.63, 3.8) is 0 Å². The normalized spacial score (nSPS) is 14.8. The van der Waals surface area contributed by atoms with Crippen LogP contribution in [0, 0.1) is 0 Å². The monoisotopic (exact) mass is 547 g/mol. The molecular weight excluding hydrogens is 522 g/mol. The molecule has 1 aliphatic rings. The summed E-state index contributed by atoms with van der Waals surface area (Å²) in [6.45, 7) is 7.89. The van der Waals surface area contributed by atoms with Crippen LogP contribution in [-0.2, 0) is 21.7 Å². The third-order valence-corrected chi connectivity index (χ3v) is 8.40. The van der Waals surface area contributed by atoms with Crippen LogP contribution < -0.4 is 5.32 Å². The number of amides is 1. The van der Waals surface area contributed by atoms with E-state index in [0.717, 1.165) is 34.5 Å². The summed E-state index contributed by atoms with van der Waals surface area (Å²) in [4.78, 5) is 13.2. The number of aromatic nitrogens is 4. The molecule has 2 aromatic carbocycles. The lowest BCUT2D eigenvalue weighted by atomic mass is 9.95. The number of carbonyl (C=O) groups excluding carboxylic acids is 1. The lowest BCUT2D eigenvalue weighted by Crippen LogP contribution is -2.27. The van der Waals surface area contributed by atoms with Gasteiger partial charge in [0.1, 0.15) is 6.73 Å². The van der Waals surface area contributed by atoms with E-state index in [-0.39, 0.29) is 12.6 Å². The summed E-state index contributed by atoms with van der Waals surface area (Å²) in [5, 5.41) is 15.8. The average Bonchev–Trinajstić information content (AvgIpc) is 3.45. The zero-order valence-corrected chi connectivity index (χ0v) is 22.3. The third-order valence-electron chi connectivity index (χ3n) is 5.77. The van der Waals surface area contributed by atoms with Gasteiger partial charge in [-0.2, -0.15) is 4.68 Å². The Kier molecular flexibility index (Phi) is 7.04. The molecule has 1 saturated carbocycles. The molecule has 1 amide bonds. The van der Waals surface area contributed by atoms with Crippen molar-refractivity contribution in [2.75, 3.05) is 11.9 Å². The van der Waals surface area contributed by atoms with Crippen molar-refractivity contribution >= 4 is 47.2 Å². The van der Waals surface area contributed by atoms with Crippen LogP contribution in [0.25, 0.3) is 11.4 Å². The lowest BCUT2D eigenvalue weighted by molar-refractivity contribution is -0.118. The van der Waals surface area contributed by atoms with Gasteiger partial charge < -0.3 is 10.1 Å². The van der Waals surface area contributed by atoms with E-state index in [1.54, 1.807) is 4.68 Å². The molecule has 10 heteroatoms. The molecule has 1 fully saturated rings. The van der Waals surface area contributed by atoms with Crippen LogP contribution >= 0.6 is 27.5 Å². The maximum absolute atomic E-state index is 13.2. The van der Waals surface area contributed by atoms with E-state index < -0.39 is 13.5 Å². The van der Waals surface area contributed by atoms with Gasteiger partial charge in [0.15, 0.2) is 5.82 Å². The highest BCUT2D eigenvalue weighted by molar-refractivity contribution is 9.10. The number of halogens is 2. The first-order chi connectivity index (χ1) is 15.7. The van der Waals surface area contributed by atoms with Gasteiger partial charge in [0, 0.05) is 35.4 Å². The quantitative estimate of drug-likeness (QED) is 0.272. The van der Waals surface area contributed by atoms with Gasteiger partial charge in [-0.1, -0.05) is 59.3 Å². The third kappa shape index (κ3) is 5.71. The van der Waals surface area contributed by atoms with Crippen molar-refractivity contribution in [3.05, 3.63) is 57.5 Å². The molecule has 4 rings (SSSR count). The Balaban J connectivity index is 1.49. The van der Waals surface area contributed by atoms with Gasteiger partial charge in [-0.3, -0.25) is 4.79 Å². The minimum atomic E-state index is -1.17. The molecule has 0 aliphatic heterocycles. The predicted molar refractivity (Wildman–Crippen MR) is 136 cm³/mol. The predicted octanol–water partition coefficient (Wildman–Crippen LogP) is 5.74. The van der Waals surface area contributed by atoms with Crippen LogP contribution in [0.2, 0.25) is 30.7 Å². The van der Waals surface area contributed by atoms with Crippen LogP contribution in [0.15, 0.2) is 46.9 Å². The molecule has 0 radical (unpaired) electrons. The van der Waals surface area contributed by atoms with E-state index in [0.29, 0.717) is 23.1 Å². The van der Waals surface area contributed by atoms with Crippen molar-refractivity contribution in [1.29, 1.82) is 0 Å². The van der Waals surface area contributed by atoms with Gasteiger partial charge >= 0.3 is 0 Å². The number of hydrogen-bond donors (Lipinski definition) is 1. The van der Waals surface area contributed by atoms with Gasteiger partial charge in [-0.15, -0.1) is 5.10 Å². The molecule has 0 atom stereocenters. The number of carbonyl (C=O) groups is 1. The van der Waals surface area contributed by atoms with Gasteiger partial charge in [0.2, 0.25) is 5.91 Å². The molecule has 33 heavy (non-hydrogen) atoms. The number of nitrogens with zero attached hydrogens (tertiary/aromatic N) is 4.